The number of hydrogen-bond donors (Lipinski definition) is 1. The maximum Gasteiger partial charge on any atom is 0.227 e. The number of nitrogens with zero attached hydrogens (tertiary/aromatic N) is 4. The number of aromatic nitrogens is 2. The van der Waals surface area contributed by atoms with Gasteiger partial charge in [0.15, 0.2) is 0 Å². The zero-order valence-corrected chi connectivity index (χ0v) is 16.4. The summed E-state index contributed by atoms with van der Waals surface area (Å²) in [5.41, 5.74) is 5.99. The SMILES string of the molecule is CCCN1CCN(c2ncc(S(=O)(=O)c3ccc(OC)cc3)c(N)n2)CC1. The minimum atomic E-state index is -3.79. The van der Waals surface area contributed by atoms with Crippen molar-refractivity contribution in [3.8, 4) is 5.75 Å². The van der Waals surface area contributed by atoms with E-state index in [2.05, 4.69) is 21.8 Å². The first-order valence-corrected chi connectivity index (χ1v) is 10.4. The average molecular weight is 391 g/mol. The molecule has 0 aliphatic carbocycles. The molecule has 2 aromatic rings. The number of benzene rings is 1. The summed E-state index contributed by atoms with van der Waals surface area (Å²) in [4.78, 5) is 13.0. The molecule has 27 heavy (non-hydrogen) atoms. The molecule has 0 spiro atoms. The predicted octanol–water partition coefficient (Wildman–Crippen LogP) is 1.43. The number of anilines is 2. The highest BCUT2D eigenvalue weighted by molar-refractivity contribution is 7.91. The van der Waals surface area contributed by atoms with Crippen molar-refractivity contribution in [3.05, 3.63) is 30.5 Å². The molecule has 0 atom stereocenters. The number of nitrogens with two attached hydrogens (primary N) is 1. The lowest BCUT2D eigenvalue weighted by Gasteiger charge is -2.34. The van der Waals surface area contributed by atoms with Crippen molar-refractivity contribution in [2.24, 2.45) is 0 Å². The van der Waals surface area contributed by atoms with Crippen molar-refractivity contribution in [2.45, 2.75) is 23.1 Å². The quantitative estimate of drug-likeness (QED) is 0.789. The van der Waals surface area contributed by atoms with Crippen molar-refractivity contribution >= 4 is 21.6 Å². The van der Waals surface area contributed by atoms with Crippen LogP contribution in [0.3, 0.4) is 0 Å². The van der Waals surface area contributed by atoms with E-state index < -0.39 is 9.84 Å². The van der Waals surface area contributed by atoms with Crippen LogP contribution in [0.25, 0.3) is 0 Å². The minimum absolute atomic E-state index is 0.0354. The van der Waals surface area contributed by atoms with Gasteiger partial charge in [-0.05, 0) is 37.2 Å². The number of hydrogen-bond acceptors (Lipinski definition) is 8. The number of rotatable bonds is 6. The highest BCUT2D eigenvalue weighted by atomic mass is 32.2. The molecular weight excluding hydrogens is 366 g/mol. The predicted molar refractivity (Wildman–Crippen MR) is 104 cm³/mol. The molecule has 9 heteroatoms. The first kappa shape index (κ1) is 19.4. The second-order valence-corrected chi connectivity index (χ2v) is 8.35. The van der Waals surface area contributed by atoms with Crippen molar-refractivity contribution < 1.29 is 13.2 Å². The lowest BCUT2D eigenvalue weighted by molar-refractivity contribution is 0.257. The third-order valence-corrected chi connectivity index (χ3v) is 6.41. The summed E-state index contributed by atoms with van der Waals surface area (Å²) in [6.45, 7) is 6.70. The van der Waals surface area contributed by atoms with Gasteiger partial charge in [0.05, 0.1) is 18.2 Å². The Hall–Kier alpha value is -2.39. The molecule has 3 rings (SSSR count). The van der Waals surface area contributed by atoms with Crippen molar-refractivity contribution in [2.75, 3.05) is 50.5 Å². The number of sulfone groups is 1. The monoisotopic (exact) mass is 391 g/mol. The Balaban J connectivity index is 1.80. The van der Waals surface area contributed by atoms with E-state index in [0.29, 0.717) is 11.7 Å². The van der Waals surface area contributed by atoms with Crippen LogP contribution in [0.2, 0.25) is 0 Å². The van der Waals surface area contributed by atoms with Crippen molar-refractivity contribution in [1.29, 1.82) is 0 Å². The summed E-state index contributed by atoms with van der Waals surface area (Å²) in [6.07, 6.45) is 2.43. The topological polar surface area (TPSA) is 102 Å². The first-order chi connectivity index (χ1) is 13.0. The molecule has 2 heterocycles. The zero-order chi connectivity index (χ0) is 19.4. The summed E-state index contributed by atoms with van der Waals surface area (Å²) in [7, 11) is -2.27. The number of ether oxygens (including phenoxy) is 1. The van der Waals surface area contributed by atoms with Crippen LogP contribution in [0.5, 0.6) is 5.75 Å². The fourth-order valence-corrected chi connectivity index (χ4v) is 4.36. The van der Waals surface area contributed by atoms with Gasteiger partial charge >= 0.3 is 0 Å². The minimum Gasteiger partial charge on any atom is -0.497 e. The van der Waals surface area contributed by atoms with E-state index in [1.165, 1.54) is 25.4 Å². The van der Waals surface area contributed by atoms with Gasteiger partial charge in [-0.25, -0.2) is 13.4 Å². The van der Waals surface area contributed by atoms with Gasteiger partial charge in [0.1, 0.15) is 16.5 Å². The molecule has 1 fully saturated rings. The Kier molecular flexibility index (Phi) is 5.81. The number of methoxy groups -OCH3 is 1. The number of piperazine rings is 1. The Morgan fingerprint density at radius 2 is 1.81 bits per heavy atom. The van der Waals surface area contributed by atoms with Gasteiger partial charge < -0.3 is 15.4 Å². The van der Waals surface area contributed by atoms with E-state index in [0.717, 1.165) is 39.1 Å². The largest absolute Gasteiger partial charge is 0.497 e. The van der Waals surface area contributed by atoms with Gasteiger partial charge in [-0.1, -0.05) is 6.92 Å². The fourth-order valence-electron chi connectivity index (χ4n) is 3.10. The Labute approximate surface area is 159 Å². The Morgan fingerprint density at radius 1 is 1.15 bits per heavy atom. The third-order valence-electron chi connectivity index (χ3n) is 4.62. The van der Waals surface area contributed by atoms with Gasteiger partial charge in [0, 0.05) is 26.2 Å². The van der Waals surface area contributed by atoms with E-state index in [9.17, 15) is 8.42 Å². The van der Waals surface area contributed by atoms with Crippen LogP contribution in [-0.4, -0.2) is 63.1 Å². The van der Waals surface area contributed by atoms with E-state index in [1.54, 1.807) is 12.1 Å². The Morgan fingerprint density at radius 3 is 2.37 bits per heavy atom. The molecule has 146 valence electrons. The molecule has 0 saturated carbocycles. The van der Waals surface area contributed by atoms with Crippen LogP contribution >= 0.6 is 0 Å². The van der Waals surface area contributed by atoms with E-state index >= 15 is 0 Å². The van der Waals surface area contributed by atoms with Crippen molar-refractivity contribution in [1.82, 2.24) is 14.9 Å². The van der Waals surface area contributed by atoms with Crippen LogP contribution in [-0.2, 0) is 9.84 Å². The molecular formula is C18H25N5O3S. The maximum absolute atomic E-state index is 12.8. The first-order valence-electron chi connectivity index (χ1n) is 8.94. The van der Waals surface area contributed by atoms with Crippen LogP contribution in [0.1, 0.15) is 13.3 Å². The van der Waals surface area contributed by atoms with E-state index in [-0.39, 0.29) is 15.6 Å². The van der Waals surface area contributed by atoms with E-state index in [1.807, 2.05) is 4.90 Å². The molecule has 0 unspecified atom stereocenters. The molecule has 1 saturated heterocycles. The van der Waals surface area contributed by atoms with Gasteiger partial charge in [-0.15, -0.1) is 0 Å². The van der Waals surface area contributed by atoms with E-state index in [4.69, 9.17) is 10.5 Å². The normalized spacial score (nSPS) is 15.7. The smallest absolute Gasteiger partial charge is 0.227 e. The third kappa shape index (κ3) is 4.14. The lowest BCUT2D eigenvalue weighted by Crippen LogP contribution is -2.47. The second kappa shape index (κ2) is 8.10. The highest BCUT2D eigenvalue weighted by Gasteiger charge is 2.24. The molecule has 1 aliphatic rings. The molecule has 0 bridgehead atoms. The highest BCUT2D eigenvalue weighted by Crippen LogP contribution is 2.27. The molecule has 2 N–H and O–H groups in total. The fraction of sp³-hybridized carbons (Fsp3) is 0.444. The molecule has 8 nitrogen and oxygen atoms in total. The molecule has 1 aromatic carbocycles. The standard InChI is InChI=1S/C18H25N5O3S/c1-3-8-22-9-11-23(12-10-22)18-20-13-16(17(19)21-18)27(24,25)15-6-4-14(26-2)5-7-15/h4-7,13H,3,8-12H2,1-2H3,(H2,19,20,21). The van der Waals surface area contributed by atoms with Crippen LogP contribution < -0.4 is 15.4 Å². The summed E-state index contributed by atoms with van der Waals surface area (Å²) in [5.74, 6) is 1.01. The summed E-state index contributed by atoms with van der Waals surface area (Å²) >= 11 is 0. The summed E-state index contributed by atoms with van der Waals surface area (Å²) in [6, 6.07) is 6.14. The van der Waals surface area contributed by atoms with Crippen LogP contribution in [0.4, 0.5) is 11.8 Å². The van der Waals surface area contributed by atoms with Gasteiger partial charge in [-0.3, -0.25) is 4.90 Å². The van der Waals surface area contributed by atoms with Gasteiger partial charge in [0.2, 0.25) is 15.8 Å². The molecule has 0 amide bonds. The maximum atomic E-state index is 12.8. The summed E-state index contributed by atoms with van der Waals surface area (Å²) in [5, 5.41) is 0. The van der Waals surface area contributed by atoms with Crippen LogP contribution in [0.15, 0.2) is 40.3 Å². The molecule has 1 aromatic heterocycles. The zero-order valence-electron chi connectivity index (χ0n) is 15.6. The number of nitrogen functional groups attached to an aromatic ring is 1. The van der Waals surface area contributed by atoms with Crippen molar-refractivity contribution in [3.63, 3.8) is 0 Å². The average Bonchev–Trinajstić information content (AvgIpc) is 2.68. The van der Waals surface area contributed by atoms with Crippen LogP contribution in [0, 0.1) is 0 Å². The second-order valence-electron chi connectivity index (χ2n) is 6.43. The Bertz CT molecular complexity index is 878. The van der Waals surface area contributed by atoms with Gasteiger partial charge in [-0.2, -0.15) is 4.98 Å². The van der Waals surface area contributed by atoms with Gasteiger partial charge in [0.25, 0.3) is 0 Å². The lowest BCUT2D eigenvalue weighted by atomic mass is 10.3. The molecule has 0 radical (unpaired) electrons. The molecule has 1 aliphatic heterocycles. The summed E-state index contributed by atoms with van der Waals surface area (Å²) < 4.78 is 30.7.